The first-order chi connectivity index (χ1) is 24.0. The van der Waals surface area contributed by atoms with Gasteiger partial charge < -0.3 is 25.7 Å². The SMILES string of the molecule is Cc1nc2cc(-c3ccc(C[C@H](NC(=O)[C@H]4CC[C@H](CNC(=O)OC(C)(C)C)CC4)C(=O)Nc4ccc(-c5nn[nH]n5)cc4)cc3)ccc2[nH]1. The Kier molecular flexibility index (Phi) is 10.2. The highest BCUT2D eigenvalue weighted by Gasteiger charge is 2.30. The van der Waals surface area contributed by atoms with E-state index in [0.717, 1.165) is 52.0 Å². The van der Waals surface area contributed by atoms with Crippen molar-refractivity contribution in [2.45, 2.75) is 71.4 Å². The number of hydrogen-bond acceptors (Lipinski definition) is 8. The molecule has 0 saturated heterocycles. The van der Waals surface area contributed by atoms with E-state index in [2.05, 4.69) is 58.7 Å². The molecule has 1 atom stereocenters. The average Bonchev–Trinajstić information content (AvgIpc) is 3.76. The third-order valence-corrected chi connectivity index (χ3v) is 8.87. The zero-order valence-electron chi connectivity index (χ0n) is 28.7. The zero-order valence-corrected chi connectivity index (χ0v) is 28.7. The number of carbonyl (C=O) groups is 3. The van der Waals surface area contributed by atoms with Crippen LogP contribution in [0.15, 0.2) is 66.7 Å². The third-order valence-electron chi connectivity index (χ3n) is 8.87. The lowest BCUT2D eigenvalue weighted by atomic mass is 9.81. The van der Waals surface area contributed by atoms with E-state index in [1.807, 2.05) is 58.0 Å². The number of nitrogens with zero attached hydrogens (tertiary/aromatic N) is 4. The summed E-state index contributed by atoms with van der Waals surface area (Å²) in [5.74, 6) is 0.897. The molecule has 2 heterocycles. The molecule has 5 N–H and O–H groups in total. The van der Waals surface area contributed by atoms with Gasteiger partial charge in [-0.25, -0.2) is 9.78 Å². The highest BCUT2D eigenvalue weighted by Crippen LogP contribution is 2.29. The fourth-order valence-corrected chi connectivity index (χ4v) is 6.27. The van der Waals surface area contributed by atoms with Gasteiger partial charge in [-0.3, -0.25) is 9.59 Å². The Morgan fingerprint density at radius 3 is 2.30 bits per heavy atom. The number of aromatic amines is 2. The number of alkyl carbamates (subject to hydrolysis) is 1. The van der Waals surface area contributed by atoms with Crippen LogP contribution < -0.4 is 16.0 Å². The van der Waals surface area contributed by atoms with Gasteiger partial charge in [-0.2, -0.15) is 5.21 Å². The molecule has 0 bridgehead atoms. The Balaban J connectivity index is 1.11. The largest absolute Gasteiger partial charge is 0.444 e. The topological polar surface area (TPSA) is 180 Å². The van der Waals surface area contributed by atoms with Crippen LogP contribution in [0, 0.1) is 18.8 Å². The second-order valence-corrected chi connectivity index (χ2v) is 13.9. The number of tetrazole rings is 1. The lowest BCUT2D eigenvalue weighted by Gasteiger charge is -2.29. The molecule has 2 aromatic heterocycles. The maximum atomic E-state index is 13.7. The number of fused-ring (bicyclic) bond motifs is 1. The Morgan fingerprint density at radius 1 is 0.920 bits per heavy atom. The van der Waals surface area contributed by atoms with Crippen LogP contribution in [-0.4, -0.2) is 66.7 Å². The summed E-state index contributed by atoms with van der Waals surface area (Å²) in [6.07, 6.45) is 2.81. The first-order valence-corrected chi connectivity index (χ1v) is 17.0. The maximum absolute atomic E-state index is 13.7. The quantitative estimate of drug-likeness (QED) is 0.125. The minimum Gasteiger partial charge on any atom is -0.444 e. The number of aryl methyl sites for hydroxylation is 1. The number of carbonyl (C=O) groups excluding carboxylic acids is 3. The molecule has 3 aromatic carbocycles. The number of ether oxygens (including phenoxy) is 1. The Morgan fingerprint density at radius 2 is 1.62 bits per heavy atom. The van der Waals surface area contributed by atoms with E-state index in [-0.39, 0.29) is 23.7 Å². The molecular weight excluding hydrogens is 634 g/mol. The molecule has 0 spiro atoms. The van der Waals surface area contributed by atoms with Gasteiger partial charge in [-0.15, -0.1) is 10.2 Å². The van der Waals surface area contributed by atoms with E-state index >= 15 is 0 Å². The lowest BCUT2D eigenvalue weighted by molar-refractivity contribution is -0.130. The zero-order chi connectivity index (χ0) is 35.3. The van der Waals surface area contributed by atoms with Crippen molar-refractivity contribution in [3.63, 3.8) is 0 Å². The summed E-state index contributed by atoms with van der Waals surface area (Å²) in [4.78, 5) is 47.2. The minimum atomic E-state index is -0.805. The number of rotatable bonds is 10. The van der Waals surface area contributed by atoms with Gasteiger partial charge in [0.05, 0.1) is 11.0 Å². The molecule has 0 aliphatic heterocycles. The van der Waals surface area contributed by atoms with Crippen LogP contribution in [0.25, 0.3) is 33.5 Å². The normalized spacial score (nSPS) is 16.8. The monoisotopic (exact) mass is 677 g/mol. The van der Waals surface area contributed by atoms with Gasteiger partial charge in [-0.05, 0) is 118 Å². The Hall–Kier alpha value is -5.59. The second-order valence-electron chi connectivity index (χ2n) is 13.9. The van der Waals surface area contributed by atoms with Crippen LogP contribution in [0.3, 0.4) is 0 Å². The van der Waals surface area contributed by atoms with Crippen LogP contribution in [0.1, 0.15) is 57.8 Å². The van der Waals surface area contributed by atoms with Crippen LogP contribution >= 0.6 is 0 Å². The predicted octanol–water partition coefficient (Wildman–Crippen LogP) is 5.72. The van der Waals surface area contributed by atoms with E-state index < -0.39 is 17.7 Å². The molecule has 50 heavy (non-hydrogen) atoms. The van der Waals surface area contributed by atoms with Crippen molar-refractivity contribution in [2.75, 3.05) is 11.9 Å². The van der Waals surface area contributed by atoms with Gasteiger partial charge in [0.2, 0.25) is 17.6 Å². The van der Waals surface area contributed by atoms with Gasteiger partial charge in [-0.1, -0.05) is 30.3 Å². The van der Waals surface area contributed by atoms with Gasteiger partial charge >= 0.3 is 6.09 Å². The van der Waals surface area contributed by atoms with Gasteiger partial charge in [0.15, 0.2) is 0 Å². The predicted molar refractivity (Wildman–Crippen MR) is 190 cm³/mol. The standard InChI is InChI=1S/C37H43N9O4/c1-22-39-30-18-15-28(20-31(30)40-22)25-9-5-23(6-10-25)19-32(35(48)41-29-16-13-26(14-17-29)33-43-45-46-44-33)42-34(47)27-11-7-24(8-12-27)21-38-36(49)50-37(2,3)4/h5-6,9-10,13-18,20,24,27,32H,7-8,11-12,19,21H2,1-4H3,(H,38,49)(H,39,40)(H,41,48)(H,42,47)(H,43,44,45,46)/t24-,27-,32-/m0/s1. The van der Waals surface area contributed by atoms with E-state index in [4.69, 9.17) is 4.74 Å². The van der Waals surface area contributed by atoms with Crippen LogP contribution in [0.5, 0.6) is 0 Å². The highest BCUT2D eigenvalue weighted by molar-refractivity contribution is 5.97. The molecule has 1 saturated carbocycles. The highest BCUT2D eigenvalue weighted by atomic mass is 16.6. The molecular formula is C37H43N9O4. The number of hydrogen-bond donors (Lipinski definition) is 5. The number of amides is 3. The number of aromatic nitrogens is 6. The molecule has 13 heteroatoms. The van der Waals surface area contributed by atoms with Crippen molar-refractivity contribution in [3.05, 3.63) is 78.1 Å². The summed E-state index contributed by atoms with van der Waals surface area (Å²) in [5.41, 5.74) is 5.65. The maximum Gasteiger partial charge on any atom is 0.407 e. The van der Waals surface area contributed by atoms with E-state index in [9.17, 15) is 14.4 Å². The van der Waals surface area contributed by atoms with Crippen molar-refractivity contribution in [3.8, 4) is 22.5 Å². The molecule has 0 radical (unpaired) electrons. The Bertz CT molecular complexity index is 1920. The van der Waals surface area contributed by atoms with Crippen molar-refractivity contribution in [1.29, 1.82) is 0 Å². The second kappa shape index (κ2) is 14.9. The van der Waals surface area contributed by atoms with Gasteiger partial charge in [0.25, 0.3) is 0 Å². The number of nitrogens with one attached hydrogen (secondary N) is 5. The number of H-pyrrole nitrogens is 2. The summed E-state index contributed by atoms with van der Waals surface area (Å²) in [5, 5.41) is 22.9. The summed E-state index contributed by atoms with van der Waals surface area (Å²) in [6.45, 7) is 7.93. The first-order valence-electron chi connectivity index (χ1n) is 17.0. The molecule has 6 rings (SSSR count). The smallest absolute Gasteiger partial charge is 0.407 e. The number of imidazole rings is 1. The molecule has 0 unspecified atom stereocenters. The Labute approximate surface area is 290 Å². The van der Waals surface area contributed by atoms with Crippen molar-refractivity contribution in [2.24, 2.45) is 11.8 Å². The summed E-state index contributed by atoms with van der Waals surface area (Å²) in [6, 6.07) is 20.5. The molecule has 5 aromatic rings. The third kappa shape index (κ3) is 8.90. The fraction of sp³-hybridized carbons (Fsp3) is 0.378. The van der Waals surface area contributed by atoms with E-state index in [1.165, 1.54) is 0 Å². The van der Waals surface area contributed by atoms with Crippen LogP contribution in [0.2, 0.25) is 0 Å². The number of benzene rings is 3. The molecule has 1 aliphatic rings. The van der Waals surface area contributed by atoms with Crippen molar-refractivity contribution < 1.29 is 19.1 Å². The van der Waals surface area contributed by atoms with Crippen molar-refractivity contribution >= 4 is 34.6 Å². The average molecular weight is 678 g/mol. The number of anilines is 1. The van der Waals surface area contributed by atoms with E-state index in [0.29, 0.717) is 37.3 Å². The summed E-state index contributed by atoms with van der Waals surface area (Å²) >= 11 is 0. The summed E-state index contributed by atoms with van der Waals surface area (Å²) in [7, 11) is 0. The van der Waals surface area contributed by atoms with Crippen LogP contribution in [0.4, 0.5) is 10.5 Å². The van der Waals surface area contributed by atoms with Gasteiger partial charge in [0, 0.05) is 30.1 Å². The lowest BCUT2D eigenvalue weighted by Crippen LogP contribution is -2.48. The molecule has 13 nitrogen and oxygen atoms in total. The van der Waals surface area contributed by atoms with Crippen molar-refractivity contribution in [1.82, 2.24) is 41.2 Å². The molecule has 3 amide bonds. The van der Waals surface area contributed by atoms with E-state index in [1.54, 1.807) is 24.3 Å². The van der Waals surface area contributed by atoms with Crippen LogP contribution in [-0.2, 0) is 20.7 Å². The molecule has 260 valence electrons. The summed E-state index contributed by atoms with van der Waals surface area (Å²) < 4.78 is 5.35. The molecule has 1 aliphatic carbocycles. The minimum absolute atomic E-state index is 0.143. The first kappa shape index (κ1) is 34.3. The van der Waals surface area contributed by atoms with Gasteiger partial charge in [0.1, 0.15) is 17.5 Å². The molecule has 1 fully saturated rings. The fourth-order valence-electron chi connectivity index (χ4n) is 6.27.